The second-order valence-electron chi connectivity index (χ2n) is 6.23. The van der Waals surface area contributed by atoms with Gasteiger partial charge in [0.05, 0.1) is 11.4 Å². The van der Waals surface area contributed by atoms with Gasteiger partial charge in [0.15, 0.2) is 0 Å². The van der Waals surface area contributed by atoms with Crippen molar-refractivity contribution >= 4 is 5.82 Å². The second kappa shape index (κ2) is 5.08. The van der Waals surface area contributed by atoms with Crippen molar-refractivity contribution in [1.82, 2.24) is 15.3 Å². The lowest BCUT2D eigenvalue weighted by Gasteiger charge is -2.46. The SMILES string of the molecule is Cc1cnc(C)c(N2CCCC3(CCCNC3)C2)n1. The Kier molecular flexibility index (Phi) is 3.44. The lowest BCUT2D eigenvalue weighted by atomic mass is 9.74. The van der Waals surface area contributed by atoms with Gasteiger partial charge < -0.3 is 10.2 Å². The molecule has 1 aromatic rings. The Bertz CT molecular complexity index is 446. The second-order valence-corrected chi connectivity index (χ2v) is 6.23. The predicted octanol–water partition coefficient (Wildman–Crippen LogP) is 2.06. The summed E-state index contributed by atoms with van der Waals surface area (Å²) in [5, 5.41) is 3.58. The molecule has 4 nitrogen and oxygen atoms in total. The molecule has 0 saturated carbocycles. The molecule has 0 radical (unpaired) electrons. The van der Waals surface area contributed by atoms with Gasteiger partial charge in [0.1, 0.15) is 5.82 Å². The molecular weight excluding hydrogens is 236 g/mol. The lowest BCUT2D eigenvalue weighted by molar-refractivity contribution is 0.172. The van der Waals surface area contributed by atoms with Crippen molar-refractivity contribution in [2.75, 3.05) is 31.1 Å². The molecule has 2 fully saturated rings. The highest BCUT2D eigenvalue weighted by Gasteiger charge is 2.37. The Hall–Kier alpha value is -1.16. The van der Waals surface area contributed by atoms with E-state index < -0.39 is 0 Å². The maximum absolute atomic E-state index is 4.72. The van der Waals surface area contributed by atoms with Crippen molar-refractivity contribution in [2.45, 2.75) is 39.5 Å². The van der Waals surface area contributed by atoms with E-state index in [-0.39, 0.29) is 0 Å². The standard InChI is InChI=1S/C15H24N4/c1-12-9-17-13(2)14(18-12)19-8-4-6-15(11-19)5-3-7-16-10-15/h9,16H,3-8,10-11H2,1-2H3. The smallest absolute Gasteiger partial charge is 0.150 e. The minimum Gasteiger partial charge on any atom is -0.355 e. The molecule has 2 saturated heterocycles. The molecule has 0 bridgehead atoms. The molecule has 0 aliphatic carbocycles. The minimum absolute atomic E-state index is 0.467. The van der Waals surface area contributed by atoms with Crippen LogP contribution in [-0.2, 0) is 0 Å². The summed E-state index contributed by atoms with van der Waals surface area (Å²) in [6.07, 6.45) is 7.16. The minimum atomic E-state index is 0.467. The zero-order valence-electron chi connectivity index (χ0n) is 12.1. The molecule has 0 amide bonds. The largest absolute Gasteiger partial charge is 0.355 e. The number of nitrogens with one attached hydrogen (secondary N) is 1. The maximum atomic E-state index is 4.72. The predicted molar refractivity (Wildman–Crippen MR) is 77.5 cm³/mol. The first-order valence-electron chi connectivity index (χ1n) is 7.45. The van der Waals surface area contributed by atoms with E-state index in [0.29, 0.717) is 5.41 Å². The monoisotopic (exact) mass is 260 g/mol. The van der Waals surface area contributed by atoms with Crippen LogP contribution < -0.4 is 10.2 Å². The molecule has 1 atom stereocenters. The van der Waals surface area contributed by atoms with Crippen molar-refractivity contribution in [2.24, 2.45) is 5.41 Å². The van der Waals surface area contributed by atoms with Gasteiger partial charge in [0, 0.05) is 31.2 Å². The summed E-state index contributed by atoms with van der Waals surface area (Å²) >= 11 is 0. The fraction of sp³-hybridized carbons (Fsp3) is 0.733. The molecule has 1 unspecified atom stereocenters. The molecule has 3 rings (SSSR count). The third kappa shape index (κ3) is 2.59. The normalized spacial score (nSPS) is 27.8. The van der Waals surface area contributed by atoms with Crippen LogP contribution in [0.5, 0.6) is 0 Å². The summed E-state index contributed by atoms with van der Waals surface area (Å²) in [5.74, 6) is 1.10. The van der Waals surface area contributed by atoms with Crippen LogP contribution in [0.25, 0.3) is 0 Å². The summed E-state index contributed by atoms with van der Waals surface area (Å²) in [7, 11) is 0. The average Bonchev–Trinajstić information content (AvgIpc) is 2.42. The molecule has 2 aliphatic rings. The number of nitrogens with zero attached hydrogens (tertiary/aromatic N) is 3. The quantitative estimate of drug-likeness (QED) is 0.839. The fourth-order valence-corrected chi connectivity index (χ4v) is 3.59. The summed E-state index contributed by atoms with van der Waals surface area (Å²) in [4.78, 5) is 11.6. The highest BCUT2D eigenvalue weighted by Crippen LogP contribution is 2.37. The highest BCUT2D eigenvalue weighted by atomic mass is 15.2. The maximum Gasteiger partial charge on any atom is 0.150 e. The zero-order valence-corrected chi connectivity index (χ0v) is 12.1. The number of piperidine rings is 2. The molecule has 4 heteroatoms. The van der Waals surface area contributed by atoms with Gasteiger partial charge in [-0.2, -0.15) is 0 Å². The Morgan fingerprint density at radius 2 is 2.11 bits per heavy atom. The molecule has 1 aromatic heterocycles. The molecule has 0 aromatic carbocycles. The van der Waals surface area contributed by atoms with Crippen LogP contribution in [0, 0.1) is 19.3 Å². The number of hydrogen-bond donors (Lipinski definition) is 1. The molecule has 2 aliphatic heterocycles. The Labute approximate surface area is 115 Å². The van der Waals surface area contributed by atoms with Crippen LogP contribution in [0.3, 0.4) is 0 Å². The number of aromatic nitrogens is 2. The first kappa shape index (κ1) is 12.9. The van der Waals surface area contributed by atoms with Gasteiger partial charge in [0.2, 0.25) is 0 Å². The molecule has 3 heterocycles. The Balaban J connectivity index is 1.82. The number of aryl methyl sites for hydroxylation is 2. The van der Waals surface area contributed by atoms with Crippen LogP contribution in [0.4, 0.5) is 5.82 Å². The van der Waals surface area contributed by atoms with Crippen LogP contribution in [0.15, 0.2) is 6.20 Å². The van der Waals surface area contributed by atoms with Gasteiger partial charge in [-0.05, 0) is 46.1 Å². The van der Waals surface area contributed by atoms with Gasteiger partial charge >= 0.3 is 0 Å². The van der Waals surface area contributed by atoms with E-state index in [1.807, 2.05) is 13.1 Å². The Morgan fingerprint density at radius 1 is 1.26 bits per heavy atom. The molecule has 1 spiro atoms. The highest BCUT2D eigenvalue weighted by molar-refractivity contribution is 5.44. The first-order chi connectivity index (χ1) is 9.19. The first-order valence-corrected chi connectivity index (χ1v) is 7.45. The third-order valence-corrected chi connectivity index (χ3v) is 4.57. The topological polar surface area (TPSA) is 41.1 Å². The van der Waals surface area contributed by atoms with Gasteiger partial charge in [-0.15, -0.1) is 0 Å². The Morgan fingerprint density at radius 3 is 2.89 bits per heavy atom. The van der Waals surface area contributed by atoms with Crippen LogP contribution in [0.1, 0.15) is 37.1 Å². The summed E-state index contributed by atoms with van der Waals surface area (Å²) < 4.78 is 0. The average molecular weight is 260 g/mol. The van der Waals surface area contributed by atoms with E-state index in [0.717, 1.165) is 30.3 Å². The van der Waals surface area contributed by atoms with E-state index >= 15 is 0 Å². The van der Waals surface area contributed by atoms with E-state index in [2.05, 4.69) is 22.1 Å². The van der Waals surface area contributed by atoms with Gasteiger partial charge in [0.25, 0.3) is 0 Å². The molecule has 104 valence electrons. The number of anilines is 1. The summed E-state index contributed by atoms with van der Waals surface area (Å²) in [6.45, 7) is 8.71. The van der Waals surface area contributed by atoms with E-state index in [9.17, 15) is 0 Å². The molecule has 19 heavy (non-hydrogen) atoms. The van der Waals surface area contributed by atoms with Crippen molar-refractivity contribution < 1.29 is 0 Å². The third-order valence-electron chi connectivity index (χ3n) is 4.57. The van der Waals surface area contributed by atoms with Crippen molar-refractivity contribution in [3.05, 3.63) is 17.6 Å². The number of hydrogen-bond acceptors (Lipinski definition) is 4. The van der Waals surface area contributed by atoms with Gasteiger partial charge in [-0.3, -0.25) is 4.98 Å². The molecule has 1 N–H and O–H groups in total. The van der Waals surface area contributed by atoms with Crippen LogP contribution in [0.2, 0.25) is 0 Å². The van der Waals surface area contributed by atoms with Gasteiger partial charge in [-0.25, -0.2) is 4.98 Å². The number of rotatable bonds is 1. The van der Waals surface area contributed by atoms with E-state index in [4.69, 9.17) is 4.98 Å². The van der Waals surface area contributed by atoms with E-state index in [1.165, 1.54) is 38.8 Å². The zero-order chi connectivity index (χ0) is 13.3. The van der Waals surface area contributed by atoms with Gasteiger partial charge in [-0.1, -0.05) is 0 Å². The fourth-order valence-electron chi connectivity index (χ4n) is 3.59. The summed E-state index contributed by atoms with van der Waals surface area (Å²) in [5.41, 5.74) is 2.54. The van der Waals surface area contributed by atoms with Crippen molar-refractivity contribution in [3.8, 4) is 0 Å². The van der Waals surface area contributed by atoms with Crippen LogP contribution >= 0.6 is 0 Å². The van der Waals surface area contributed by atoms with Crippen molar-refractivity contribution in [3.63, 3.8) is 0 Å². The van der Waals surface area contributed by atoms with Crippen LogP contribution in [-0.4, -0.2) is 36.1 Å². The van der Waals surface area contributed by atoms with Crippen molar-refractivity contribution in [1.29, 1.82) is 0 Å². The summed E-state index contributed by atoms with van der Waals surface area (Å²) in [6, 6.07) is 0. The van der Waals surface area contributed by atoms with E-state index in [1.54, 1.807) is 0 Å². The molecular formula is C15H24N4. The lowest BCUT2D eigenvalue weighted by Crippen LogP contribution is -2.51.